The second kappa shape index (κ2) is 5.59. The van der Waals surface area contributed by atoms with E-state index in [0.29, 0.717) is 16.9 Å². The van der Waals surface area contributed by atoms with Gasteiger partial charge in [-0.15, -0.1) is 0 Å². The van der Waals surface area contributed by atoms with Gasteiger partial charge in [0.2, 0.25) is 0 Å². The van der Waals surface area contributed by atoms with Gasteiger partial charge in [0.25, 0.3) is 0 Å². The average Bonchev–Trinajstić information content (AvgIpc) is 2.37. The number of rotatable bonds is 3. The van der Waals surface area contributed by atoms with Crippen LogP contribution >= 0.6 is 0 Å². The Morgan fingerprint density at radius 2 is 1.70 bits per heavy atom. The largest absolute Gasteiger partial charge is 0.454 e. The van der Waals surface area contributed by atoms with Crippen LogP contribution in [0.25, 0.3) is 0 Å². The van der Waals surface area contributed by atoms with Crippen molar-refractivity contribution in [3.05, 3.63) is 58.7 Å². The molecule has 0 heterocycles. The van der Waals surface area contributed by atoms with Gasteiger partial charge in [-0.3, -0.25) is 0 Å². The van der Waals surface area contributed by atoms with Crippen molar-refractivity contribution in [1.29, 1.82) is 0 Å². The Kier molecular flexibility index (Phi) is 4.04. The molecule has 0 bridgehead atoms. The van der Waals surface area contributed by atoms with Crippen LogP contribution in [0.15, 0.2) is 30.3 Å². The molecule has 0 aliphatic carbocycles. The van der Waals surface area contributed by atoms with Crippen LogP contribution in [-0.4, -0.2) is 0 Å². The van der Waals surface area contributed by atoms with Crippen molar-refractivity contribution < 1.29 is 13.5 Å². The van der Waals surface area contributed by atoms with Crippen LogP contribution in [0.3, 0.4) is 0 Å². The van der Waals surface area contributed by atoms with E-state index in [9.17, 15) is 8.78 Å². The molecule has 0 radical (unpaired) electrons. The zero-order valence-corrected chi connectivity index (χ0v) is 11.7. The predicted octanol–water partition coefficient (Wildman–Crippen LogP) is 4.39. The molecule has 0 spiro atoms. The zero-order valence-electron chi connectivity index (χ0n) is 11.7. The second-order valence-corrected chi connectivity index (χ2v) is 4.96. The van der Waals surface area contributed by atoms with Crippen molar-refractivity contribution in [2.75, 3.05) is 0 Å². The Morgan fingerprint density at radius 3 is 2.35 bits per heavy atom. The summed E-state index contributed by atoms with van der Waals surface area (Å²) in [5.74, 6) is -0.330. The van der Waals surface area contributed by atoms with E-state index in [1.54, 1.807) is 26.0 Å². The summed E-state index contributed by atoms with van der Waals surface area (Å²) in [7, 11) is 0. The van der Waals surface area contributed by atoms with Crippen molar-refractivity contribution >= 4 is 0 Å². The number of benzene rings is 2. The number of hydrogen-bond donors (Lipinski definition) is 1. The van der Waals surface area contributed by atoms with Crippen LogP contribution in [0.4, 0.5) is 8.78 Å². The van der Waals surface area contributed by atoms with Crippen molar-refractivity contribution in [2.24, 2.45) is 5.73 Å². The van der Waals surface area contributed by atoms with Crippen LogP contribution in [0.1, 0.15) is 29.7 Å². The van der Waals surface area contributed by atoms with Crippen molar-refractivity contribution in [3.63, 3.8) is 0 Å². The van der Waals surface area contributed by atoms with Crippen molar-refractivity contribution in [3.8, 4) is 11.5 Å². The average molecular weight is 277 g/mol. The lowest BCUT2D eigenvalue weighted by Crippen LogP contribution is -2.08. The normalized spacial score (nSPS) is 12.3. The van der Waals surface area contributed by atoms with Gasteiger partial charge in [0.15, 0.2) is 11.6 Å². The molecular weight excluding hydrogens is 260 g/mol. The highest BCUT2D eigenvalue weighted by Gasteiger charge is 2.14. The van der Waals surface area contributed by atoms with E-state index >= 15 is 0 Å². The summed E-state index contributed by atoms with van der Waals surface area (Å²) < 4.78 is 33.0. The summed E-state index contributed by atoms with van der Waals surface area (Å²) in [6.45, 7) is 5.19. The van der Waals surface area contributed by atoms with E-state index in [0.717, 1.165) is 5.56 Å². The quantitative estimate of drug-likeness (QED) is 0.902. The summed E-state index contributed by atoms with van der Waals surface area (Å²) >= 11 is 0. The number of aryl methyl sites for hydroxylation is 2. The highest BCUT2D eigenvalue weighted by molar-refractivity contribution is 5.43. The Bertz CT molecular complexity index is 639. The lowest BCUT2D eigenvalue weighted by molar-refractivity contribution is 0.432. The van der Waals surface area contributed by atoms with Gasteiger partial charge in [0, 0.05) is 11.6 Å². The summed E-state index contributed by atoms with van der Waals surface area (Å²) in [6.07, 6.45) is 0. The summed E-state index contributed by atoms with van der Waals surface area (Å²) in [5.41, 5.74) is 7.63. The maximum Gasteiger partial charge on any atom is 0.165 e. The van der Waals surface area contributed by atoms with E-state index in [-0.39, 0.29) is 11.6 Å². The topological polar surface area (TPSA) is 35.2 Å². The molecule has 0 fully saturated rings. The zero-order chi connectivity index (χ0) is 14.9. The van der Waals surface area contributed by atoms with Gasteiger partial charge in [-0.25, -0.2) is 8.78 Å². The molecular formula is C16H17F2NO. The first-order chi connectivity index (χ1) is 9.38. The second-order valence-electron chi connectivity index (χ2n) is 4.96. The highest BCUT2D eigenvalue weighted by Crippen LogP contribution is 2.32. The number of ether oxygens (including phenoxy) is 1. The monoisotopic (exact) mass is 277 g/mol. The predicted molar refractivity (Wildman–Crippen MR) is 75.0 cm³/mol. The van der Waals surface area contributed by atoms with Crippen LogP contribution in [0.2, 0.25) is 0 Å². The molecule has 1 unspecified atom stereocenters. The first-order valence-electron chi connectivity index (χ1n) is 6.38. The van der Waals surface area contributed by atoms with Gasteiger partial charge < -0.3 is 10.5 Å². The molecule has 2 rings (SSSR count). The van der Waals surface area contributed by atoms with E-state index < -0.39 is 11.9 Å². The molecule has 106 valence electrons. The minimum absolute atomic E-state index is 0.109. The molecule has 0 aliphatic rings. The fraction of sp³-hybridized carbons (Fsp3) is 0.250. The van der Waals surface area contributed by atoms with E-state index in [2.05, 4.69) is 0 Å². The molecule has 0 amide bonds. The highest BCUT2D eigenvalue weighted by atomic mass is 19.1. The Morgan fingerprint density at radius 1 is 1.00 bits per heavy atom. The number of nitrogens with two attached hydrogens (primary N) is 1. The van der Waals surface area contributed by atoms with Gasteiger partial charge in [-0.05, 0) is 56.2 Å². The maximum atomic E-state index is 13.7. The maximum absolute atomic E-state index is 13.7. The third-order valence-corrected chi connectivity index (χ3v) is 3.09. The van der Waals surface area contributed by atoms with Crippen molar-refractivity contribution in [1.82, 2.24) is 0 Å². The molecule has 1 atom stereocenters. The minimum atomic E-state index is -0.465. The third-order valence-electron chi connectivity index (χ3n) is 3.09. The number of hydrogen-bond acceptors (Lipinski definition) is 2. The summed E-state index contributed by atoms with van der Waals surface area (Å²) in [6, 6.07) is 7.06. The standard InChI is InChI=1S/C16H17F2NO/c1-9-4-5-13(17)16(6-9)20-15-7-10(2)14(18)8-12(15)11(3)19/h4-8,11H,19H2,1-3H3. The minimum Gasteiger partial charge on any atom is -0.454 e. The van der Waals surface area contributed by atoms with Gasteiger partial charge in [0.05, 0.1) is 0 Å². The van der Waals surface area contributed by atoms with Gasteiger partial charge in [0.1, 0.15) is 11.6 Å². The summed E-state index contributed by atoms with van der Waals surface area (Å²) in [5, 5.41) is 0. The van der Waals surface area contributed by atoms with Crippen LogP contribution in [0.5, 0.6) is 11.5 Å². The van der Waals surface area contributed by atoms with Gasteiger partial charge in [-0.1, -0.05) is 6.07 Å². The van der Waals surface area contributed by atoms with Gasteiger partial charge in [-0.2, -0.15) is 0 Å². The molecule has 4 heteroatoms. The lowest BCUT2D eigenvalue weighted by Gasteiger charge is -2.16. The molecule has 0 saturated heterocycles. The number of halogens is 2. The Hall–Kier alpha value is -1.94. The Labute approximate surface area is 117 Å². The molecule has 2 aromatic carbocycles. The van der Waals surface area contributed by atoms with Crippen molar-refractivity contribution in [2.45, 2.75) is 26.8 Å². The van der Waals surface area contributed by atoms with Crippen LogP contribution < -0.4 is 10.5 Å². The first-order valence-corrected chi connectivity index (χ1v) is 6.38. The summed E-state index contributed by atoms with van der Waals surface area (Å²) in [4.78, 5) is 0. The van der Waals surface area contributed by atoms with E-state index in [1.165, 1.54) is 18.2 Å². The lowest BCUT2D eigenvalue weighted by atomic mass is 10.0. The molecule has 0 aromatic heterocycles. The van der Waals surface area contributed by atoms with Crippen LogP contribution in [-0.2, 0) is 0 Å². The molecule has 0 aliphatic heterocycles. The fourth-order valence-electron chi connectivity index (χ4n) is 1.92. The fourth-order valence-corrected chi connectivity index (χ4v) is 1.92. The Balaban J connectivity index is 2.47. The van der Waals surface area contributed by atoms with Gasteiger partial charge >= 0.3 is 0 Å². The molecule has 0 saturated carbocycles. The molecule has 2 nitrogen and oxygen atoms in total. The van der Waals surface area contributed by atoms with E-state index in [4.69, 9.17) is 10.5 Å². The molecule has 2 aromatic rings. The van der Waals surface area contributed by atoms with Crippen LogP contribution in [0, 0.1) is 25.5 Å². The SMILES string of the molecule is Cc1ccc(F)c(Oc2cc(C)c(F)cc2C(C)N)c1. The molecule has 2 N–H and O–H groups in total. The first kappa shape index (κ1) is 14.5. The molecule has 20 heavy (non-hydrogen) atoms. The third kappa shape index (κ3) is 2.96. The smallest absolute Gasteiger partial charge is 0.165 e. The van der Waals surface area contributed by atoms with E-state index in [1.807, 2.05) is 6.92 Å².